The first kappa shape index (κ1) is 20.2. The highest BCUT2D eigenvalue weighted by molar-refractivity contribution is 5.85. The van der Waals surface area contributed by atoms with E-state index in [0.717, 1.165) is 38.8 Å². The minimum Gasteiger partial charge on any atom is -0.356 e. The van der Waals surface area contributed by atoms with E-state index in [2.05, 4.69) is 5.32 Å². The van der Waals surface area contributed by atoms with Gasteiger partial charge in [0.1, 0.15) is 0 Å². The predicted octanol–water partition coefficient (Wildman–Crippen LogP) is 1.94. The van der Waals surface area contributed by atoms with Gasteiger partial charge in [-0.3, -0.25) is 9.59 Å². The summed E-state index contributed by atoms with van der Waals surface area (Å²) in [5.41, 5.74) is 5.44. The van der Waals surface area contributed by atoms with Crippen LogP contribution in [0.25, 0.3) is 0 Å². The third-order valence-corrected chi connectivity index (χ3v) is 5.54. The van der Waals surface area contributed by atoms with Crippen LogP contribution in [0.5, 0.6) is 0 Å². The van der Waals surface area contributed by atoms with Crippen molar-refractivity contribution >= 4 is 24.2 Å². The highest BCUT2D eigenvalue weighted by Crippen LogP contribution is 2.30. The minimum absolute atomic E-state index is 0. The van der Waals surface area contributed by atoms with Gasteiger partial charge in [-0.2, -0.15) is 0 Å². The molecule has 2 rings (SSSR count). The lowest BCUT2D eigenvalue weighted by atomic mass is 9.80. The van der Waals surface area contributed by atoms with E-state index in [1.807, 2.05) is 18.7 Å². The zero-order chi connectivity index (χ0) is 16.2. The van der Waals surface area contributed by atoms with Crippen LogP contribution in [-0.4, -0.2) is 42.9 Å². The fourth-order valence-corrected chi connectivity index (χ4v) is 3.35. The molecule has 3 N–H and O–H groups in total. The third kappa shape index (κ3) is 4.83. The van der Waals surface area contributed by atoms with Crippen molar-refractivity contribution in [2.24, 2.45) is 23.0 Å². The van der Waals surface area contributed by atoms with E-state index in [-0.39, 0.29) is 30.1 Å². The van der Waals surface area contributed by atoms with Crippen molar-refractivity contribution in [3.05, 3.63) is 0 Å². The monoisotopic (exact) mass is 345 g/mol. The topological polar surface area (TPSA) is 75.4 Å². The molecule has 134 valence electrons. The molecule has 2 aliphatic rings. The first-order valence-corrected chi connectivity index (χ1v) is 8.83. The van der Waals surface area contributed by atoms with Crippen molar-refractivity contribution in [2.75, 3.05) is 26.2 Å². The average molecular weight is 346 g/mol. The first-order chi connectivity index (χ1) is 10.6. The second-order valence-electron chi connectivity index (χ2n) is 6.97. The van der Waals surface area contributed by atoms with Gasteiger partial charge in [0.05, 0.1) is 11.3 Å². The molecule has 0 spiro atoms. The Morgan fingerprint density at radius 2 is 1.87 bits per heavy atom. The molecule has 2 fully saturated rings. The summed E-state index contributed by atoms with van der Waals surface area (Å²) in [4.78, 5) is 27.0. The molecule has 1 unspecified atom stereocenters. The van der Waals surface area contributed by atoms with Gasteiger partial charge in [-0.15, -0.1) is 12.4 Å². The maximum absolute atomic E-state index is 12.9. The van der Waals surface area contributed by atoms with Crippen LogP contribution in [0.4, 0.5) is 0 Å². The zero-order valence-electron chi connectivity index (χ0n) is 14.5. The fourth-order valence-electron chi connectivity index (χ4n) is 3.35. The van der Waals surface area contributed by atoms with Gasteiger partial charge < -0.3 is 16.0 Å². The highest BCUT2D eigenvalue weighted by atomic mass is 35.5. The van der Waals surface area contributed by atoms with E-state index in [4.69, 9.17) is 5.73 Å². The molecule has 1 heterocycles. The Kier molecular flexibility index (Phi) is 7.81. The molecule has 0 aromatic heterocycles. The minimum atomic E-state index is -0.452. The van der Waals surface area contributed by atoms with Gasteiger partial charge in [-0.1, -0.05) is 13.8 Å². The highest BCUT2D eigenvalue weighted by Gasteiger charge is 2.39. The Hall–Kier alpha value is -0.810. The van der Waals surface area contributed by atoms with E-state index in [9.17, 15) is 9.59 Å². The van der Waals surface area contributed by atoms with Crippen LogP contribution in [0, 0.1) is 17.3 Å². The number of nitrogens with one attached hydrogen (secondary N) is 1. The van der Waals surface area contributed by atoms with Gasteiger partial charge in [-0.05, 0) is 44.4 Å². The van der Waals surface area contributed by atoms with E-state index in [0.29, 0.717) is 19.0 Å². The zero-order valence-corrected chi connectivity index (χ0v) is 15.3. The van der Waals surface area contributed by atoms with Gasteiger partial charge in [0, 0.05) is 26.2 Å². The predicted molar refractivity (Wildman–Crippen MR) is 94.4 cm³/mol. The van der Waals surface area contributed by atoms with Crippen LogP contribution >= 0.6 is 12.4 Å². The second kappa shape index (κ2) is 8.88. The lowest BCUT2D eigenvalue weighted by Crippen LogP contribution is -2.52. The van der Waals surface area contributed by atoms with Crippen LogP contribution in [0.2, 0.25) is 0 Å². The summed E-state index contributed by atoms with van der Waals surface area (Å²) >= 11 is 0. The standard InChI is InChI=1S/C17H31N3O2.ClH/c1-3-17(4-2,12-18)16(22)20-9-5-6-14(11-20)15(21)19-10-13-7-8-13;/h13-14H,3-12,18H2,1-2H3,(H,19,21);1H. The maximum Gasteiger partial charge on any atom is 0.230 e. The van der Waals surface area contributed by atoms with E-state index < -0.39 is 5.41 Å². The van der Waals surface area contributed by atoms with Crippen molar-refractivity contribution in [1.29, 1.82) is 0 Å². The van der Waals surface area contributed by atoms with Crippen LogP contribution in [0.1, 0.15) is 52.4 Å². The summed E-state index contributed by atoms with van der Waals surface area (Å²) in [7, 11) is 0. The van der Waals surface area contributed by atoms with E-state index >= 15 is 0 Å². The smallest absolute Gasteiger partial charge is 0.230 e. The summed E-state index contributed by atoms with van der Waals surface area (Å²) in [6, 6.07) is 0. The number of nitrogens with zero attached hydrogens (tertiary/aromatic N) is 1. The molecular formula is C17H32ClN3O2. The van der Waals surface area contributed by atoms with Gasteiger partial charge in [-0.25, -0.2) is 0 Å². The molecule has 1 atom stereocenters. The Morgan fingerprint density at radius 1 is 1.22 bits per heavy atom. The second-order valence-corrected chi connectivity index (χ2v) is 6.97. The first-order valence-electron chi connectivity index (χ1n) is 8.83. The number of hydrogen-bond acceptors (Lipinski definition) is 3. The molecule has 5 nitrogen and oxygen atoms in total. The van der Waals surface area contributed by atoms with Crippen molar-refractivity contribution in [3.8, 4) is 0 Å². The van der Waals surface area contributed by atoms with Crippen molar-refractivity contribution in [3.63, 3.8) is 0 Å². The average Bonchev–Trinajstić information content (AvgIpc) is 3.39. The lowest BCUT2D eigenvalue weighted by Gasteiger charge is -2.39. The van der Waals surface area contributed by atoms with E-state index in [1.54, 1.807) is 0 Å². The Bertz CT molecular complexity index is 400. The number of rotatable bonds is 7. The van der Waals surface area contributed by atoms with Gasteiger partial charge in [0.25, 0.3) is 0 Å². The number of halogens is 1. The summed E-state index contributed by atoms with van der Waals surface area (Å²) in [6.45, 7) is 6.55. The lowest BCUT2D eigenvalue weighted by molar-refractivity contribution is -0.145. The largest absolute Gasteiger partial charge is 0.356 e. The molecular weight excluding hydrogens is 314 g/mol. The van der Waals surface area contributed by atoms with Crippen molar-refractivity contribution in [1.82, 2.24) is 10.2 Å². The molecule has 0 aromatic rings. The van der Waals surface area contributed by atoms with Crippen molar-refractivity contribution < 1.29 is 9.59 Å². The quantitative estimate of drug-likeness (QED) is 0.740. The number of carbonyl (C=O) groups is 2. The van der Waals surface area contributed by atoms with Crippen LogP contribution in [0.3, 0.4) is 0 Å². The molecule has 23 heavy (non-hydrogen) atoms. The summed E-state index contributed by atoms with van der Waals surface area (Å²) in [5.74, 6) is 0.895. The maximum atomic E-state index is 12.9. The van der Waals surface area contributed by atoms with Crippen LogP contribution in [0.15, 0.2) is 0 Å². The number of hydrogen-bond donors (Lipinski definition) is 2. The molecule has 1 aliphatic carbocycles. The summed E-state index contributed by atoms with van der Waals surface area (Å²) in [6.07, 6.45) is 5.78. The van der Waals surface area contributed by atoms with Gasteiger partial charge in [0.15, 0.2) is 0 Å². The van der Waals surface area contributed by atoms with Gasteiger partial charge in [0.2, 0.25) is 11.8 Å². The molecule has 1 aliphatic heterocycles. The SMILES string of the molecule is CCC(CC)(CN)C(=O)N1CCCC(C(=O)NCC2CC2)C1.Cl. The number of likely N-dealkylation sites (tertiary alicyclic amines) is 1. The Labute approximate surface area is 146 Å². The number of nitrogens with two attached hydrogens (primary N) is 1. The third-order valence-electron chi connectivity index (χ3n) is 5.54. The number of piperidine rings is 1. The number of carbonyl (C=O) groups excluding carboxylic acids is 2. The fraction of sp³-hybridized carbons (Fsp3) is 0.882. The Morgan fingerprint density at radius 3 is 2.39 bits per heavy atom. The van der Waals surface area contributed by atoms with Crippen molar-refractivity contribution in [2.45, 2.75) is 52.4 Å². The molecule has 6 heteroatoms. The van der Waals surface area contributed by atoms with Crippen LogP contribution < -0.4 is 11.1 Å². The molecule has 1 saturated heterocycles. The van der Waals surface area contributed by atoms with E-state index in [1.165, 1.54) is 12.8 Å². The van der Waals surface area contributed by atoms with Gasteiger partial charge >= 0.3 is 0 Å². The molecule has 1 saturated carbocycles. The summed E-state index contributed by atoms with van der Waals surface area (Å²) < 4.78 is 0. The molecule has 0 radical (unpaired) electrons. The van der Waals surface area contributed by atoms with Crippen LogP contribution in [-0.2, 0) is 9.59 Å². The number of amides is 2. The molecule has 0 bridgehead atoms. The molecule has 2 amide bonds. The summed E-state index contributed by atoms with van der Waals surface area (Å²) in [5, 5.41) is 3.05. The molecule has 0 aromatic carbocycles. The normalized spacial score (nSPS) is 21.5. The Balaban J connectivity index is 0.00000264.